The van der Waals surface area contributed by atoms with E-state index in [9.17, 15) is 18.7 Å². The minimum Gasteiger partial charge on any atom is -0.481 e. The summed E-state index contributed by atoms with van der Waals surface area (Å²) in [5, 5.41) is 9.38. The molecule has 0 aliphatic heterocycles. The van der Waals surface area contributed by atoms with Crippen LogP contribution in [0.4, 0.5) is 8.78 Å². The van der Waals surface area contributed by atoms with Gasteiger partial charge in [0.25, 0.3) is 0 Å². The Kier molecular flexibility index (Phi) is 5.04. The van der Waals surface area contributed by atoms with Crippen molar-refractivity contribution < 1.29 is 28.2 Å². The molecule has 0 saturated heterocycles. The normalized spacial score (nSPS) is 22.1. The van der Waals surface area contributed by atoms with Crippen molar-refractivity contribution in [3.05, 3.63) is 0 Å². The highest BCUT2D eigenvalue weighted by molar-refractivity contribution is 5.75. The molecule has 0 unspecified atom stereocenters. The van der Waals surface area contributed by atoms with Gasteiger partial charge in [-0.25, -0.2) is 8.78 Å². The summed E-state index contributed by atoms with van der Waals surface area (Å²) in [6.07, 6.45) is -2.08. The molecule has 0 amide bonds. The molecule has 1 aliphatic carbocycles. The Labute approximate surface area is 105 Å². The van der Waals surface area contributed by atoms with Gasteiger partial charge in [0, 0.05) is 26.1 Å². The number of aliphatic carboxylic acids is 1. The average Bonchev–Trinajstić information content (AvgIpc) is 2.29. The maximum Gasteiger partial charge on any atom is 0.314 e. The summed E-state index contributed by atoms with van der Waals surface area (Å²) in [5.41, 5.74) is -1.35. The van der Waals surface area contributed by atoms with Gasteiger partial charge in [-0.1, -0.05) is 0 Å². The fourth-order valence-electron chi connectivity index (χ4n) is 2.28. The summed E-state index contributed by atoms with van der Waals surface area (Å²) < 4.78 is 37.0. The first-order valence-electron chi connectivity index (χ1n) is 6.22. The number of alkyl halides is 2. The van der Waals surface area contributed by atoms with E-state index < -0.39 is 36.4 Å². The highest BCUT2D eigenvalue weighted by Gasteiger charge is 2.53. The highest BCUT2D eigenvalue weighted by atomic mass is 19.3. The van der Waals surface area contributed by atoms with Crippen LogP contribution in [-0.4, -0.2) is 36.5 Å². The van der Waals surface area contributed by atoms with E-state index in [1.165, 1.54) is 0 Å². The second kappa shape index (κ2) is 5.93. The van der Waals surface area contributed by atoms with Crippen LogP contribution < -0.4 is 0 Å². The third-order valence-electron chi connectivity index (χ3n) is 3.39. The molecule has 0 atom stereocenters. The predicted octanol–water partition coefficient (Wildman–Crippen LogP) is 2.67. The molecule has 1 saturated carbocycles. The number of ether oxygens (including phenoxy) is 2. The molecule has 4 nitrogen and oxygen atoms in total. The highest BCUT2D eigenvalue weighted by Crippen LogP contribution is 2.47. The second-order valence-corrected chi connectivity index (χ2v) is 4.56. The lowest BCUT2D eigenvalue weighted by molar-refractivity contribution is -0.231. The van der Waals surface area contributed by atoms with Crippen molar-refractivity contribution in [3.63, 3.8) is 0 Å². The number of carboxylic acid groups (broad SMARTS) is 1. The monoisotopic (exact) mass is 266 g/mol. The molecule has 106 valence electrons. The summed E-state index contributed by atoms with van der Waals surface area (Å²) in [6, 6.07) is 0. The minimum absolute atomic E-state index is 0.125. The summed E-state index contributed by atoms with van der Waals surface area (Å²) in [7, 11) is 0. The Hall–Kier alpha value is -0.750. The van der Waals surface area contributed by atoms with Gasteiger partial charge in [0.15, 0.2) is 6.29 Å². The van der Waals surface area contributed by atoms with Gasteiger partial charge in [-0.05, 0) is 26.7 Å². The zero-order valence-electron chi connectivity index (χ0n) is 10.7. The molecular weight excluding hydrogens is 246 g/mol. The van der Waals surface area contributed by atoms with Crippen LogP contribution in [0.5, 0.6) is 0 Å². The van der Waals surface area contributed by atoms with E-state index >= 15 is 0 Å². The maximum absolute atomic E-state index is 13.2. The Morgan fingerprint density at radius 1 is 1.17 bits per heavy atom. The lowest BCUT2D eigenvalue weighted by atomic mass is 9.72. The van der Waals surface area contributed by atoms with Crippen LogP contribution in [0.1, 0.15) is 39.5 Å². The van der Waals surface area contributed by atoms with Gasteiger partial charge in [-0.15, -0.1) is 0 Å². The first-order valence-corrected chi connectivity index (χ1v) is 6.22. The van der Waals surface area contributed by atoms with Crippen molar-refractivity contribution in [1.82, 2.24) is 0 Å². The van der Waals surface area contributed by atoms with E-state index in [0.29, 0.717) is 0 Å². The molecule has 0 aromatic heterocycles. The number of carbonyl (C=O) groups is 1. The smallest absolute Gasteiger partial charge is 0.314 e. The number of rotatable bonds is 6. The summed E-state index contributed by atoms with van der Waals surface area (Å²) in [4.78, 5) is 11.5. The average molecular weight is 266 g/mol. The third kappa shape index (κ3) is 3.17. The van der Waals surface area contributed by atoms with E-state index in [0.717, 1.165) is 0 Å². The predicted molar refractivity (Wildman–Crippen MR) is 60.5 cm³/mol. The van der Waals surface area contributed by atoms with Crippen LogP contribution in [0.15, 0.2) is 0 Å². The first-order chi connectivity index (χ1) is 8.38. The molecular formula is C12H20F2O4. The fraction of sp³-hybridized carbons (Fsp3) is 0.917. The number of halogens is 2. The van der Waals surface area contributed by atoms with E-state index in [4.69, 9.17) is 9.47 Å². The van der Waals surface area contributed by atoms with Gasteiger partial charge in [0.05, 0.1) is 0 Å². The van der Waals surface area contributed by atoms with E-state index in [1.807, 2.05) is 0 Å². The quantitative estimate of drug-likeness (QED) is 0.751. The SMILES string of the molecule is CCOC(OCC)C1(C(=O)O)CCC(F)(F)CC1. The van der Waals surface area contributed by atoms with E-state index in [1.54, 1.807) is 13.8 Å². The van der Waals surface area contributed by atoms with Gasteiger partial charge in [0.1, 0.15) is 5.41 Å². The second-order valence-electron chi connectivity index (χ2n) is 4.56. The van der Waals surface area contributed by atoms with Crippen molar-refractivity contribution in [3.8, 4) is 0 Å². The van der Waals surface area contributed by atoms with Crippen LogP contribution >= 0.6 is 0 Å². The maximum atomic E-state index is 13.2. The van der Waals surface area contributed by atoms with Crippen molar-refractivity contribution in [1.29, 1.82) is 0 Å². The molecule has 0 radical (unpaired) electrons. The van der Waals surface area contributed by atoms with Crippen molar-refractivity contribution in [2.75, 3.05) is 13.2 Å². The molecule has 0 aromatic rings. The molecule has 1 aliphatic rings. The zero-order chi connectivity index (χ0) is 13.8. The van der Waals surface area contributed by atoms with Gasteiger partial charge in [0.2, 0.25) is 5.92 Å². The van der Waals surface area contributed by atoms with Gasteiger partial charge >= 0.3 is 5.97 Å². The van der Waals surface area contributed by atoms with Gasteiger partial charge < -0.3 is 14.6 Å². The molecule has 18 heavy (non-hydrogen) atoms. The van der Waals surface area contributed by atoms with E-state index in [2.05, 4.69) is 0 Å². The fourth-order valence-corrected chi connectivity index (χ4v) is 2.28. The van der Waals surface area contributed by atoms with Gasteiger partial charge in [-0.3, -0.25) is 4.79 Å². The standard InChI is InChI=1S/C12H20F2O4/c1-3-17-10(18-4-2)11(9(15)16)5-7-12(13,14)8-6-11/h10H,3-8H2,1-2H3,(H,15,16). The van der Waals surface area contributed by atoms with Crippen LogP contribution in [0.25, 0.3) is 0 Å². The first kappa shape index (κ1) is 15.3. The molecule has 0 heterocycles. The lowest BCUT2D eigenvalue weighted by Crippen LogP contribution is -2.49. The van der Waals surface area contributed by atoms with Crippen molar-refractivity contribution >= 4 is 5.97 Å². The minimum atomic E-state index is -2.78. The van der Waals surface area contributed by atoms with E-state index in [-0.39, 0.29) is 26.1 Å². The Balaban J connectivity index is 2.89. The molecule has 0 aromatic carbocycles. The number of hydrogen-bond donors (Lipinski definition) is 1. The molecule has 1 N–H and O–H groups in total. The topological polar surface area (TPSA) is 55.8 Å². The summed E-state index contributed by atoms with van der Waals surface area (Å²) >= 11 is 0. The summed E-state index contributed by atoms with van der Waals surface area (Å²) in [6.45, 7) is 4.02. The Morgan fingerprint density at radius 3 is 1.94 bits per heavy atom. The Morgan fingerprint density at radius 2 is 1.61 bits per heavy atom. The molecule has 0 bridgehead atoms. The third-order valence-corrected chi connectivity index (χ3v) is 3.39. The van der Waals surface area contributed by atoms with Crippen LogP contribution in [0.2, 0.25) is 0 Å². The van der Waals surface area contributed by atoms with Crippen LogP contribution in [0, 0.1) is 5.41 Å². The largest absolute Gasteiger partial charge is 0.481 e. The molecule has 1 rings (SSSR count). The lowest BCUT2D eigenvalue weighted by Gasteiger charge is -2.41. The van der Waals surface area contributed by atoms with Crippen molar-refractivity contribution in [2.24, 2.45) is 5.41 Å². The number of hydrogen-bond acceptors (Lipinski definition) is 3. The van der Waals surface area contributed by atoms with Crippen molar-refractivity contribution in [2.45, 2.75) is 51.7 Å². The number of carboxylic acids is 1. The van der Waals surface area contributed by atoms with Gasteiger partial charge in [-0.2, -0.15) is 0 Å². The van der Waals surface area contributed by atoms with Crippen LogP contribution in [-0.2, 0) is 14.3 Å². The molecule has 0 spiro atoms. The Bertz CT molecular complexity index is 278. The zero-order valence-corrected chi connectivity index (χ0v) is 10.7. The van der Waals surface area contributed by atoms with Crippen LogP contribution in [0.3, 0.4) is 0 Å². The molecule has 1 fully saturated rings. The summed E-state index contributed by atoms with van der Waals surface area (Å²) in [5.74, 6) is -3.90. The molecule has 6 heteroatoms.